The molecule has 1 atom stereocenters. The van der Waals surface area contributed by atoms with Crippen molar-refractivity contribution in [2.75, 3.05) is 12.1 Å². The van der Waals surface area contributed by atoms with Crippen molar-refractivity contribution in [1.29, 1.82) is 0 Å². The largest absolute Gasteiger partial charge is 0.454 e. The van der Waals surface area contributed by atoms with Crippen LogP contribution in [0.5, 0.6) is 11.5 Å². The van der Waals surface area contributed by atoms with E-state index in [4.69, 9.17) is 9.47 Å². The SMILES string of the molecule is CC1=C(C(=O)Nc2ccc(C)cn2)C(c2ccc3c(c2)OCO3)C2=C(CCCC2=O)N1. The number of ether oxygens (including phenoxy) is 2. The van der Waals surface area contributed by atoms with Gasteiger partial charge in [-0.2, -0.15) is 0 Å². The molecule has 1 aliphatic carbocycles. The van der Waals surface area contributed by atoms with Gasteiger partial charge in [-0.05, 0) is 56.0 Å². The first-order valence-electron chi connectivity index (χ1n) is 10.4. The van der Waals surface area contributed by atoms with Gasteiger partial charge in [-0.25, -0.2) is 4.98 Å². The highest BCUT2D eigenvalue weighted by molar-refractivity contribution is 6.09. The minimum atomic E-state index is -0.482. The zero-order chi connectivity index (χ0) is 21.5. The first-order chi connectivity index (χ1) is 15.0. The van der Waals surface area contributed by atoms with Crippen molar-refractivity contribution < 1.29 is 19.1 Å². The van der Waals surface area contributed by atoms with Crippen LogP contribution in [0.15, 0.2) is 59.1 Å². The zero-order valence-electron chi connectivity index (χ0n) is 17.5. The highest BCUT2D eigenvalue weighted by Crippen LogP contribution is 2.45. The Morgan fingerprint density at radius 3 is 2.77 bits per heavy atom. The predicted octanol–water partition coefficient (Wildman–Crippen LogP) is 3.73. The number of ketones is 1. The number of amides is 1. The van der Waals surface area contributed by atoms with Gasteiger partial charge in [-0.15, -0.1) is 0 Å². The molecule has 7 nitrogen and oxygen atoms in total. The minimum absolute atomic E-state index is 0.0719. The van der Waals surface area contributed by atoms with Crippen LogP contribution < -0.4 is 20.1 Å². The van der Waals surface area contributed by atoms with Gasteiger partial charge in [0.2, 0.25) is 6.79 Å². The van der Waals surface area contributed by atoms with Crippen molar-refractivity contribution in [3.8, 4) is 11.5 Å². The summed E-state index contributed by atoms with van der Waals surface area (Å²) in [7, 11) is 0. The number of rotatable bonds is 3. The molecule has 0 radical (unpaired) electrons. The second kappa shape index (κ2) is 7.58. The van der Waals surface area contributed by atoms with Gasteiger partial charge < -0.3 is 20.1 Å². The Morgan fingerprint density at radius 2 is 1.97 bits per heavy atom. The number of nitrogens with one attached hydrogen (secondary N) is 2. The van der Waals surface area contributed by atoms with Gasteiger partial charge in [0, 0.05) is 41.1 Å². The van der Waals surface area contributed by atoms with E-state index in [1.54, 1.807) is 12.3 Å². The highest BCUT2D eigenvalue weighted by Gasteiger charge is 2.39. The van der Waals surface area contributed by atoms with Crippen molar-refractivity contribution >= 4 is 17.5 Å². The van der Waals surface area contributed by atoms with Crippen LogP contribution in [0, 0.1) is 6.92 Å². The van der Waals surface area contributed by atoms with Crippen LogP contribution in [0.1, 0.15) is 43.2 Å². The lowest BCUT2D eigenvalue weighted by atomic mass is 9.75. The molecule has 7 heteroatoms. The Labute approximate surface area is 180 Å². The smallest absolute Gasteiger partial charge is 0.255 e. The lowest BCUT2D eigenvalue weighted by molar-refractivity contribution is -0.116. The second-order valence-corrected chi connectivity index (χ2v) is 8.05. The number of aromatic nitrogens is 1. The van der Waals surface area contributed by atoms with Crippen LogP contribution in [-0.4, -0.2) is 23.5 Å². The molecule has 158 valence electrons. The number of hydrogen-bond donors (Lipinski definition) is 2. The molecule has 0 fully saturated rings. The molecule has 2 N–H and O–H groups in total. The summed E-state index contributed by atoms with van der Waals surface area (Å²) < 4.78 is 11.0. The number of carbonyl (C=O) groups is 2. The van der Waals surface area contributed by atoms with Crippen molar-refractivity contribution in [3.05, 3.63) is 70.2 Å². The van der Waals surface area contributed by atoms with Gasteiger partial charge in [0.25, 0.3) is 5.91 Å². The fourth-order valence-electron chi connectivity index (χ4n) is 4.44. The lowest BCUT2D eigenvalue weighted by Crippen LogP contribution is -2.35. The van der Waals surface area contributed by atoms with Gasteiger partial charge in [0.15, 0.2) is 17.3 Å². The number of Topliss-reactive ketones (excluding diaryl/α,β-unsaturated/α-hetero) is 1. The third-order valence-electron chi connectivity index (χ3n) is 5.90. The summed E-state index contributed by atoms with van der Waals surface area (Å²) in [6.45, 7) is 3.98. The Hall–Kier alpha value is -3.61. The van der Waals surface area contributed by atoms with E-state index >= 15 is 0 Å². The van der Waals surface area contributed by atoms with E-state index in [9.17, 15) is 9.59 Å². The third-order valence-corrected chi connectivity index (χ3v) is 5.90. The fourth-order valence-corrected chi connectivity index (χ4v) is 4.44. The molecule has 0 saturated heterocycles. The van der Waals surface area contributed by atoms with Crippen molar-refractivity contribution in [1.82, 2.24) is 10.3 Å². The molecule has 1 aromatic carbocycles. The Bertz CT molecular complexity index is 1150. The van der Waals surface area contributed by atoms with Crippen molar-refractivity contribution in [2.45, 2.75) is 39.0 Å². The number of anilines is 1. The maximum Gasteiger partial charge on any atom is 0.255 e. The standard InChI is InChI=1S/C24H23N3O4/c1-13-6-9-20(25-11-13)27-24(29)21-14(2)26-16-4-3-5-17(28)23(16)22(21)15-7-8-18-19(10-15)31-12-30-18/h6-11,22,26H,3-5,12H2,1-2H3,(H,25,27,29). The van der Waals surface area contributed by atoms with Gasteiger partial charge in [-0.3, -0.25) is 9.59 Å². The van der Waals surface area contributed by atoms with E-state index in [1.807, 2.05) is 38.1 Å². The molecule has 1 unspecified atom stereocenters. The number of fused-ring (bicyclic) bond motifs is 1. The summed E-state index contributed by atoms with van der Waals surface area (Å²) in [6.07, 6.45) is 3.78. The summed E-state index contributed by atoms with van der Waals surface area (Å²) in [4.78, 5) is 30.7. The van der Waals surface area contributed by atoms with Gasteiger partial charge in [-0.1, -0.05) is 12.1 Å². The summed E-state index contributed by atoms with van der Waals surface area (Å²) in [5.41, 5.74) is 4.65. The number of carbonyl (C=O) groups excluding carboxylic acids is 2. The molecule has 3 heterocycles. The summed E-state index contributed by atoms with van der Waals surface area (Å²) in [6, 6.07) is 9.27. The predicted molar refractivity (Wildman–Crippen MR) is 115 cm³/mol. The molecule has 0 spiro atoms. The fraction of sp³-hybridized carbons (Fsp3) is 0.292. The van der Waals surface area contributed by atoms with E-state index in [-0.39, 0.29) is 18.5 Å². The van der Waals surface area contributed by atoms with Crippen LogP contribution >= 0.6 is 0 Å². The zero-order valence-corrected chi connectivity index (χ0v) is 17.5. The summed E-state index contributed by atoms with van der Waals surface area (Å²) >= 11 is 0. The minimum Gasteiger partial charge on any atom is -0.454 e. The molecular weight excluding hydrogens is 394 g/mol. The van der Waals surface area contributed by atoms with Gasteiger partial charge in [0.05, 0.1) is 0 Å². The Kier molecular flexibility index (Phi) is 4.73. The molecule has 3 aliphatic rings. The monoisotopic (exact) mass is 417 g/mol. The topological polar surface area (TPSA) is 89.6 Å². The molecule has 0 bridgehead atoms. The lowest BCUT2D eigenvalue weighted by Gasteiger charge is -2.34. The van der Waals surface area contributed by atoms with Crippen molar-refractivity contribution in [2.24, 2.45) is 0 Å². The molecular formula is C24H23N3O4. The number of allylic oxidation sites excluding steroid dienone is 3. The Balaban J connectivity index is 1.58. The van der Waals surface area contributed by atoms with E-state index < -0.39 is 5.92 Å². The highest BCUT2D eigenvalue weighted by atomic mass is 16.7. The molecule has 1 aromatic heterocycles. The van der Waals surface area contributed by atoms with E-state index in [0.29, 0.717) is 34.9 Å². The number of benzene rings is 1. The molecule has 5 rings (SSSR count). The first kappa shape index (κ1) is 19.4. The molecule has 2 aliphatic heterocycles. The number of aryl methyl sites for hydroxylation is 1. The number of nitrogens with zero attached hydrogens (tertiary/aromatic N) is 1. The van der Waals surface area contributed by atoms with Crippen LogP contribution in [0.4, 0.5) is 5.82 Å². The first-order valence-corrected chi connectivity index (χ1v) is 10.4. The number of hydrogen-bond acceptors (Lipinski definition) is 6. The van der Waals surface area contributed by atoms with Gasteiger partial charge in [0.1, 0.15) is 5.82 Å². The van der Waals surface area contributed by atoms with Gasteiger partial charge >= 0.3 is 0 Å². The number of dihydropyridines is 1. The number of pyridine rings is 1. The molecule has 2 aromatic rings. The van der Waals surface area contributed by atoms with Crippen LogP contribution in [0.3, 0.4) is 0 Å². The Morgan fingerprint density at radius 1 is 1.13 bits per heavy atom. The van der Waals surface area contributed by atoms with E-state index in [0.717, 1.165) is 35.4 Å². The average Bonchev–Trinajstić information content (AvgIpc) is 3.22. The van der Waals surface area contributed by atoms with Crippen LogP contribution in [0.2, 0.25) is 0 Å². The third kappa shape index (κ3) is 3.46. The maximum atomic E-state index is 13.4. The normalized spacial score (nSPS) is 19.8. The molecule has 0 saturated carbocycles. The van der Waals surface area contributed by atoms with Crippen LogP contribution in [-0.2, 0) is 9.59 Å². The average molecular weight is 417 g/mol. The van der Waals surface area contributed by atoms with E-state index in [2.05, 4.69) is 15.6 Å². The van der Waals surface area contributed by atoms with Crippen molar-refractivity contribution in [3.63, 3.8) is 0 Å². The quantitative estimate of drug-likeness (QED) is 0.791. The second-order valence-electron chi connectivity index (χ2n) is 8.05. The van der Waals surface area contributed by atoms with Crippen LogP contribution in [0.25, 0.3) is 0 Å². The summed E-state index contributed by atoms with van der Waals surface area (Å²) in [5, 5.41) is 6.22. The van der Waals surface area contributed by atoms with E-state index in [1.165, 1.54) is 0 Å². The molecule has 31 heavy (non-hydrogen) atoms. The summed E-state index contributed by atoms with van der Waals surface area (Å²) in [5.74, 6) is 1.06. The maximum absolute atomic E-state index is 13.4. The molecule has 1 amide bonds.